The largest absolute Gasteiger partial charge is 0.457 e. The summed E-state index contributed by atoms with van der Waals surface area (Å²) in [5.41, 5.74) is 1.88. The zero-order valence-corrected chi connectivity index (χ0v) is 15.3. The molecule has 1 amide bonds. The molecular formula is C21H17FN2O2S. The fraction of sp³-hybridized carbons (Fsp3) is 0.143. The zero-order chi connectivity index (χ0) is 18.6. The van der Waals surface area contributed by atoms with E-state index in [1.54, 1.807) is 23.5 Å². The van der Waals surface area contributed by atoms with Crippen LogP contribution in [0, 0.1) is 5.82 Å². The molecule has 136 valence electrons. The number of nitrogens with zero attached hydrogens (tertiary/aromatic N) is 1. The fourth-order valence-electron chi connectivity index (χ4n) is 2.75. The van der Waals surface area contributed by atoms with Gasteiger partial charge in [0.2, 0.25) is 5.91 Å². The van der Waals surface area contributed by atoms with Crippen molar-refractivity contribution in [1.29, 1.82) is 0 Å². The van der Waals surface area contributed by atoms with Crippen LogP contribution in [0.25, 0.3) is 21.0 Å². The summed E-state index contributed by atoms with van der Waals surface area (Å²) in [7, 11) is 0. The van der Waals surface area contributed by atoms with E-state index in [4.69, 9.17) is 4.42 Å². The van der Waals surface area contributed by atoms with Gasteiger partial charge in [-0.25, -0.2) is 9.37 Å². The van der Waals surface area contributed by atoms with Crippen molar-refractivity contribution >= 4 is 27.5 Å². The second kappa shape index (κ2) is 7.72. The Morgan fingerprint density at radius 3 is 2.70 bits per heavy atom. The van der Waals surface area contributed by atoms with Crippen molar-refractivity contribution < 1.29 is 13.6 Å². The molecule has 2 heterocycles. The van der Waals surface area contributed by atoms with Gasteiger partial charge >= 0.3 is 0 Å². The van der Waals surface area contributed by atoms with E-state index in [0.717, 1.165) is 20.8 Å². The lowest BCUT2D eigenvalue weighted by molar-refractivity contribution is -0.121. The summed E-state index contributed by atoms with van der Waals surface area (Å²) in [5, 5.41) is 3.67. The number of aryl methyl sites for hydroxylation is 1. The Morgan fingerprint density at radius 1 is 1.07 bits per heavy atom. The predicted molar refractivity (Wildman–Crippen MR) is 104 cm³/mol. The van der Waals surface area contributed by atoms with Crippen LogP contribution in [0.2, 0.25) is 0 Å². The number of hydrogen-bond donors (Lipinski definition) is 1. The topological polar surface area (TPSA) is 55.1 Å². The van der Waals surface area contributed by atoms with Gasteiger partial charge in [0, 0.05) is 6.42 Å². The Balaban J connectivity index is 1.32. The van der Waals surface area contributed by atoms with Gasteiger partial charge in [-0.1, -0.05) is 24.3 Å². The summed E-state index contributed by atoms with van der Waals surface area (Å²) in [5.74, 6) is 1.04. The van der Waals surface area contributed by atoms with Gasteiger partial charge < -0.3 is 9.73 Å². The predicted octanol–water partition coefficient (Wildman–Crippen LogP) is 4.94. The smallest absolute Gasteiger partial charge is 0.220 e. The standard InChI is InChI=1S/C21H17FN2O2S/c22-15-8-5-14(6-9-15)7-12-20(25)23-13-16-10-11-18(26-16)21-24-17-3-1-2-4-19(17)27-21/h1-6,8-11H,7,12-13H2,(H,23,25). The number of hydrogen-bond acceptors (Lipinski definition) is 4. The first kappa shape index (κ1) is 17.4. The number of furan rings is 1. The SMILES string of the molecule is O=C(CCc1ccc(F)cc1)NCc1ccc(-c2nc3ccccc3s2)o1. The molecular weight excluding hydrogens is 363 g/mol. The van der Waals surface area contributed by atoms with Crippen LogP contribution in [0.1, 0.15) is 17.7 Å². The van der Waals surface area contributed by atoms with E-state index in [0.29, 0.717) is 30.9 Å². The van der Waals surface area contributed by atoms with Gasteiger partial charge in [-0.15, -0.1) is 11.3 Å². The highest BCUT2D eigenvalue weighted by atomic mass is 32.1. The second-order valence-corrected chi connectivity index (χ2v) is 7.19. The van der Waals surface area contributed by atoms with E-state index >= 15 is 0 Å². The number of carbonyl (C=O) groups is 1. The number of thiazole rings is 1. The number of benzene rings is 2. The lowest BCUT2D eigenvalue weighted by atomic mass is 10.1. The minimum atomic E-state index is -0.273. The molecule has 0 saturated heterocycles. The Bertz CT molecular complexity index is 1040. The number of para-hydroxylation sites is 1. The maximum Gasteiger partial charge on any atom is 0.220 e. The van der Waals surface area contributed by atoms with Gasteiger partial charge in [-0.2, -0.15) is 0 Å². The van der Waals surface area contributed by atoms with E-state index < -0.39 is 0 Å². The van der Waals surface area contributed by atoms with Crippen LogP contribution in [-0.4, -0.2) is 10.9 Å². The Hall–Kier alpha value is -2.99. The number of fused-ring (bicyclic) bond motifs is 1. The van der Waals surface area contributed by atoms with Crippen molar-refractivity contribution in [3.63, 3.8) is 0 Å². The molecule has 0 aliphatic heterocycles. The van der Waals surface area contributed by atoms with E-state index in [-0.39, 0.29) is 11.7 Å². The first-order chi connectivity index (χ1) is 13.2. The molecule has 0 aliphatic rings. The summed E-state index contributed by atoms with van der Waals surface area (Å²) in [6, 6.07) is 17.9. The average molecular weight is 380 g/mol. The summed E-state index contributed by atoms with van der Waals surface area (Å²) in [4.78, 5) is 16.6. The van der Waals surface area contributed by atoms with E-state index in [1.807, 2.05) is 36.4 Å². The molecule has 1 N–H and O–H groups in total. The van der Waals surface area contributed by atoms with E-state index in [2.05, 4.69) is 10.3 Å². The lowest BCUT2D eigenvalue weighted by Crippen LogP contribution is -2.22. The van der Waals surface area contributed by atoms with Gasteiger partial charge in [-0.3, -0.25) is 4.79 Å². The highest BCUT2D eigenvalue weighted by molar-refractivity contribution is 7.21. The van der Waals surface area contributed by atoms with Gasteiger partial charge in [-0.05, 0) is 48.4 Å². The van der Waals surface area contributed by atoms with Crippen LogP contribution in [0.5, 0.6) is 0 Å². The Kier molecular flexibility index (Phi) is 4.98. The number of amides is 1. The average Bonchev–Trinajstić information content (AvgIpc) is 3.32. The molecule has 0 fully saturated rings. The highest BCUT2D eigenvalue weighted by Gasteiger charge is 2.11. The fourth-order valence-corrected chi connectivity index (χ4v) is 3.68. The minimum Gasteiger partial charge on any atom is -0.457 e. The molecule has 6 heteroatoms. The zero-order valence-electron chi connectivity index (χ0n) is 14.4. The number of nitrogens with one attached hydrogen (secondary N) is 1. The molecule has 0 bridgehead atoms. The monoisotopic (exact) mass is 380 g/mol. The van der Waals surface area contributed by atoms with Crippen LogP contribution < -0.4 is 5.32 Å². The molecule has 2 aromatic heterocycles. The Labute approximate surface area is 159 Å². The molecule has 4 rings (SSSR count). The number of carbonyl (C=O) groups excluding carboxylic acids is 1. The van der Waals surface area contributed by atoms with Crippen LogP contribution in [-0.2, 0) is 17.8 Å². The Morgan fingerprint density at radius 2 is 1.89 bits per heavy atom. The maximum atomic E-state index is 12.9. The molecule has 4 aromatic rings. The molecule has 0 radical (unpaired) electrons. The van der Waals surface area contributed by atoms with Crippen LogP contribution in [0.15, 0.2) is 65.1 Å². The van der Waals surface area contributed by atoms with Crippen LogP contribution in [0.4, 0.5) is 4.39 Å². The maximum absolute atomic E-state index is 12.9. The molecule has 4 nitrogen and oxygen atoms in total. The summed E-state index contributed by atoms with van der Waals surface area (Å²) >= 11 is 1.58. The molecule has 0 spiro atoms. The van der Waals surface area contributed by atoms with Gasteiger partial charge in [0.05, 0.1) is 16.8 Å². The third-order valence-corrected chi connectivity index (χ3v) is 5.23. The third kappa shape index (κ3) is 4.23. The quantitative estimate of drug-likeness (QED) is 0.515. The van der Waals surface area contributed by atoms with Crippen molar-refractivity contribution in [3.05, 3.63) is 77.8 Å². The van der Waals surface area contributed by atoms with Crippen molar-refractivity contribution in [3.8, 4) is 10.8 Å². The highest BCUT2D eigenvalue weighted by Crippen LogP contribution is 2.31. The first-order valence-corrected chi connectivity index (χ1v) is 9.45. The third-order valence-electron chi connectivity index (χ3n) is 4.18. The molecule has 27 heavy (non-hydrogen) atoms. The first-order valence-electron chi connectivity index (χ1n) is 8.63. The summed E-state index contributed by atoms with van der Waals surface area (Å²) in [6.07, 6.45) is 0.915. The van der Waals surface area contributed by atoms with Crippen molar-refractivity contribution in [2.45, 2.75) is 19.4 Å². The van der Waals surface area contributed by atoms with Crippen LogP contribution >= 0.6 is 11.3 Å². The molecule has 2 aromatic carbocycles. The number of rotatable bonds is 6. The molecule has 0 unspecified atom stereocenters. The van der Waals surface area contributed by atoms with Crippen LogP contribution in [0.3, 0.4) is 0 Å². The normalized spacial score (nSPS) is 11.0. The summed E-state index contributed by atoms with van der Waals surface area (Å²) in [6.45, 7) is 0.327. The van der Waals surface area contributed by atoms with Crippen molar-refractivity contribution in [2.24, 2.45) is 0 Å². The number of halogens is 1. The summed E-state index contributed by atoms with van der Waals surface area (Å²) < 4.78 is 19.8. The molecule has 0 saturated carbocycles. The van der Waals surface area contributed by atoms with Gasteiger partial charge in [0.25, 0.3) is 0 Å². The van der Waals surface area contributed by atoms with Crippen molar-refractivity contribution in [1.82, 2.24) is 10.3 Å². The second-order valence-electron chi connectivity index (χ2n) is 6.16. The van der Waals surface area contributed by atoms with Crippen molar-refractivity contribution in [2.75, 3.05) is 0 Å². The van der Waals surface area contributed by atoms with Gasteiger partial charge in [0.1, 0.15) is 11.6 Å². The van der Waals surface area contributed by atoms with E-state index in [1.165, 1.54) is 12.1 Å². The number of aromatic nitrogens is 1. The minimum absolute atomic E-state index is 0.0720. The molecule has 0 atom stereocenters. The lowest BCUT2D eigenvalue weighted by Gasteiger charge is -2.04. The molecule has 0 aliphatic carbocycles. The van der Waals surface area contributed by atoms with Gasteiger partial charge in [0.15, 0.2) is 10.8 Å². The van der Waals surface area contributed by atoms with E-state index in [9.17, 15) is 9.18 Å².